The second kappa shape index (κ2) is 8.46. The molecule has 2 heteroatoms. The van der Waals surface area contributed by atoms with Crippen molar-refractivity contribution < 1.29 is 4.39 Å². The number of fused-ring (bicyclic) bond motifs is 1. The van der Waals surface area contributed by atoms with Gasteiger partial charge in [0.25, 0.3) is 0 Å². The summed E-state index contributed by atoms with van der Waals surface area (Å²) in [5.41, 5.74) is 6.99. The average Bonchev–Trinajstić information content (AvgIpc) is 2.83. The summed E-state index contributed by atoms with van der Waals surface area (Å²) in [6.07, 6.45) is 0. The lowest BCUT2D eigenvalue weighted by molar-refractivity contribution is 0.628. The van der Waals surface area contributed by atoms with E-state index in [4.69, 9.17) is 0 Å². The molecule has 0 amide bonds. The standard InChI is InChI=1S/C31H27FSi/c1-33(2,3)31-18-14-25(15-19-31)27-9-11-28-20-26(8-10-29(28)21-27)24-6-4-22(5-7-24)23-12-16-30(32)17-13-23/h4-21H,1-3H3. The molecule has 162 valence electrons. The maximum Gasteiger partial charge on any atom is 0.123 e. The van der Waals surface area contributed by atoms with Crippen LogP contribution in [-0.2, 0) is 0 Å². The van der Waals surface area contributed by atoms with Gasteiger partial charge in [-0.25, -0.2) is 4.39 Å². The molecule has 0 saturated heterocycles. The normalized spacial score (nSPS) is 11.6. The Bertz CT molecular complexity index is 1410. The monoisotopic (exact) mass is 446 g/mol. The van der Waals surface area contributed by atoms with Crippen LogP contribution in [0.15, 0.2) is 109 Å². The number of hydrogen-bond acceptors (Lipinski definition) is 0. The van der Waals surface area contributed by atoms with E-state index in [1.165, 1.54) is 50.3 Å². The zero-order valence-corrected chi connectivity index (χ0v) is 20.3. The molecule has 0 atom stereocenters. The Morgan fingerprint density at radius 2 is 0.758 bits per heavy atom. The van der Waals surface area contributed by atoms with Crippen LogP contribution in [0, 0.1) is 5.82 Å². The van der Waals surface area contributed by atoms with Crippen LogP contribution >= 0.6 is 0 Å². The van der Waals surface area contributed by atoms with Gasteiger partial charge in [0.15, 0.2) is 0 Å². The average molecular weight is 447 g/mol. The van der Waals surface area contributed by atoms with E-state index in [0.717, 1.165) is 11.1 Å². The van der Waals surface area contributed by atoms with E-state index in [0.29, 0.717) is 0 Å². The first-order chi connectivity index (χ1) is 15.9. The van der Waals surface area contributed by atoms with E-state index < -0.39 is 8.07 Å². The largest absolute Gasteiger partial charge is 0.207 e. The predicted molar refractivity (Wildman–Crippen MR) is 143 cm³/mol. The molecule has 0 nitrogen and oxygen atoms in total. The van der Waals surface area contributed by atoms with Gasteiger partial charge in [0.1, 0.15) is 5.82 Å². The van der Waals surface area contributed by atoms with Gasteiger partial charge in [-0.3, -0.25) is 0 Å². The van der Waals surface area contributed by atoms with Crippen molar-refractivity contribution >= 4 is 24.0 Å². The minimum absolute atomic E-state index is 0.210. The number of benzene rings is 5. The van der Waals surface area contributed by atoms with Crippen LogP contribution in [-0.4, -0.2) is 8.07 Å². The Morgan fingerprint density at radius 3 is 1.18 bits per heavy atom. The Morgan fingerprint density at radius 1 is 0.424 bits per heavy atom. The van der Waals surface area contributed by atoms with Crippen molar-refractivity contribution in [3.05, 3.63) is 115 Å². The van der Waals surface area contributed by atoms with Crippen molar-refractivity contribution in [2.24, 2.45) is 0 Å². The van der Waals surface area contributed by atoms with Crippen molar-refractivity contribution in [3.63, 3.8) is 0 Å². The van der Waals surface area contributed by atoms with Gasteiger partial charge in [0.2, 0.25) is 0 Å². The topological polar surface area (TPSA) is 0 Å². The maximum absolute atomic E-state index is 13.2. The lowest BCUT2D eigenvalue weighted by atomic mass is 9.96. The molecular formula is C31H27FSi. The van der Waals surface area contributed by atoms with Gasteiger partial charge >= 0.3 is 0 Å². The van der Waals surface area contributed by atoms with E-state index in [1.54, 1.807) is 0 Å². The van der Waals surface area contributed by atoms with E-state index in [2.05, 4.69) is 105 Å². The van der Waals surface area contributed by atoms with Gasteiger partial charge in [-0.15, -0.1) is 0 Å². The first-order valence-corrected chi connectivity index (χ1v) is 14.9. The fourth-order valence-corrected chi connectivity index (χ4v) is 5.43. The summed E-state index contributed by atoms with van der Waals surface area (Å²) >= 11 is 0. The quantitative estimate of drug-likeness (QED) is 0.243. The summed E-state index contributed by atoms with van der Waals surface area (Å²) in [5, 5.41) is 3.97. The van der Waals surface area contributed by atoms with Crippen LogP contribution < -0.4 is 5.19 Å². The van der Waals surface area contributed by atoms with Crippen molar-refractivity contribution in [2.45, 2.75) is 19.6 Å². The Balaban J connectivity index is 1.41. The minimum atomic E-state index is -1.28. The summed E-state index contributed by atoms with van der Waals surface area (Å²) in [4.78, 5) is 0. The molecule has 5 aromatic carbocycles. The Labute approximate surface area is 196 Å². The number of rotatable bonds is 4. The Hall–Kier alpha value is -3.49. The van der Waals surface area contributed by atoms with Gasteiger partial charge in [-0.1, -0.05) is 110 Å². The zero-order chi connectivity index (χ0) is 23.0. The molecule has 0 heterocycles. The van der Waals surface area contributed by atoms with Crippen LogP contribution in [0.5, 0.6) is 0 Å². The molecule has 33 heavy (non-hydrogen) atoms. The summed E-state index contributed by atoms with van der Waals surface area (Å²) in [5.74, 6) is -0.210. The molecule has 0 fully saturated rings. The van der Waals surface area contributed by atoms with Crippen LogP contribution in [0.4, 0.5) is 4.39 Å². The fourth-order valence-electron chi connectivity index (χ4n) is 4.27. The van der Waals surface area contributed by atoms with Crippen molar-refractivity contribution in [1.82, 2.24) is 0 Å². The molecule has 0 aliphatic carbocycles. The van der Waals surface area contributed by atoms with Gasteiger partial charge in [-0.2, -0.15) is 0 Å². The molecule has 5 aromatic rings. The molecule has 0 spiro atoms. The molecule has 0 aliphatic rings. The van der Waals surface area contributed by atoms with Gasteiger partial charge in [-0.05, 0) is 68.4 Å². The van der Waals surface area contributed by atoms with E-state index >= 15 is 0 Å². The lowest BCUT2D eigenvalue weighted by Crippen LogP contribution is -2.37. The van der Waals surface area contributed by atoms with E-state index in [-0.39, 0.29) is 5.82 Å². The van der Waals surface area contributed by atoms with Crippen molar-refractivity contribution in [1.29, 1.82) is 0 Å². The summed E-state index contributed by atoms with van der Waals surface area (Å²) in [6, 6.07) is 37.6. The number of hydrogen-bond donors (Lipinski definition) is 0. The highest BCUT2D eigenvalue weighted by Gasteiger charge is 2.15. The molecule has 0 unspecified atom stereocenters. The molecule has 0 radical (unpaired) electrons. The smallest absolute Gasteiger partial charge is 0.123 e. The van der Waals surface area contributed by atoms with Crippen LogP contribution in [0.3, 0.4) is 0 Å². The summed E-state index contributed by atoms with van der Waals surface area (Å²) in [6.45, 7) is 7.14. The second-order valence-corrected chi connectivity index (χ2v) is 14.8. The molecule has 0 saturated carbocycles. The minimum Gasteiger partial charge on any atom is -0.207 e. The van der Waals surface area contributed by atoms with Crippen molar-refractivity contribution in [3.8, 4) is 33.4 Å². The third kappa shape index (κ3) is 4.53. The van der Waals surface area contributed by atoms with Gasteiger partial charge in [0.05, 0.1) is 8.07 Å². The van der Waals surface area contributed by atoms with E-state index in [1.807, 2.05) is 12.1 Å². The maximum atomic E-state index is 13.2. The molecule has 0 N–H and O–H groups in total. The van der Waals surface area contributed by atoms with Crippen molar-refractivity contribution in [2.75, 3.05) is 0 Å². The molecule has 0 aliphatic heterocycles. The van der Waals surface area contributed by atoms with Crippen LogP contribution in [0.25, 0.3) is 44.2 Å². The molecule has 0 aromatic heterocycles. The second-order valence-electron chi connectivity index (χ2n) is 9.69. The van der Waals surface area contributed by atoms with Gasteiger partial charge in [0, 0.05) is 0 Å². The SMILES string of the molecule is C[Si](C)(C)c1ccc(-c2ccc3cc(-c4ccc(-c5ccc(F)cc5)cc4)ccc3c2)cc1. The molecular weight excluding hydrogens is 419 g/mol. The predicted octanol–water partition coefficient (Wildman–Crippen LogP) is 8.53. The summed E-state index contributed by atoms with van der Waals surface area (Å²) in [7, 11) is -1.28. The third-order valence-corrected chi connectivity index (χ3v) is 8.39. The zero-order valence-electron chi connectivity index (χ0n) is 19.3. The highest BCUT2D eigenvalue weighted by molar-refractivity contribution is 6.88. The molecule has 0 bridgehead atoms. The highest BCUT2D eigenvalue weighted by Crippen LogP contribution is 2.30. The van der Waals surface area contributed by atoms with Crippen LogP contribution in [0.1, 0.15) is 0 Å². The first kappa shape index (κ1) is 21.4. The number of halogens is 1. The first-order valence-electron chi connectivity index (χ1n) is 11.4. The third-order valence-electron chi connectivity index (χ3n) is 6.32. The van der Waals surface area contributed by atoms with Gasteiger partial charge < -0.3 is 0 Å². The van der Waals surface area contributed by atoms with E-state index in [9.17, 15) is 4.39 Å². The fraction of sp³-hybridized carbons (Fsp3) is 0.0968. The van der Waals surface area contributed by atoms with Crippen LogP contribution in [0.2, 0.25) is 19.6 Å². The molecule has 5 rings (SSSR count). The highest BCUT2D eigenvalue weighted by atomic mass is 28.3. The lowest BCUT2D eigenvalue weighted by Gasteiger charge is -2.17. The summed E-state index contributed by atoms with van der Waals surface area (Å²) < 4.78 is 13.2. The Kier molecular flexibility index (Phi) is 5.47.